The number of carbonyl (C=O) groups is 1. The van der Waals surface area contributed by atoms with Gasteiger partial charge in [0.1, 0.15) is 0 Å². The number of aromatic nitrogens is 3. The average Bonchev–Trinajstić information content (AvgIpc) is 2.39. The van der Waals surface area contributed by atoms with E-state index in [9.17, 15) is 14.4 Å². The molecule has 0 aliphatic rings. The van der Waals surface area contributed by atoms with Crippen molar-refractivity contribution >= 4 is 11.7 Å². The van der Waals surface area contributed by atoms with Crippen molar-refractivity contribution in [3.8, 4) is 0 Å². The van der Waals surface area contributed by atoms with Gasteiger partial charge in [-0.05, 0) is 0 Å². The van der Waals surface area contributed by atoms with E-state index in [-0.39, 0.29) is 18.3 Å². The number of hydrogen-bond donors (Lipinski definition) is 2. The summed E-state index contributed by atoms with van der Waals surface area (Å²) in [7, 11) is 4.30. The predicted molar refractivity (Wildman–Crippen MR) is 68.1 cm³/mol. The van der Waals surface area contributed by atoms with Crippen LogP contribution in [0.1, 0.15) is 0 Å². The third-order valence-corrected chi connectivity index (χ3v) is 2.37. The lowest BCUT2D eigenvalue weighted by Crippen LogP contribution is -2.41. The maximum atomic E-state index is 11.7. The molecule has 9 nitrogen and oxygen atoms in total. The molecule has 1 amide bonds. The molecular formula is C10H17N5O4. The van der Waals surface area contributed by atoms with Crippen LogP contribution in [0, 0.1) is 0 Å². The zero-order valence-electron chi connectivity index (χ0n) is 11.1. The van der Waals surface area contributed by atoms with Crippen LogP contribution in [0.2, 0.25) is 0 Å². The minimum Gasteiger partial charge on any atom is -0.383 e. The lowest BCUT2D eigenvalue weighted by Gasteiger charge is -2.08. The van der Waals surface area contributed by atoms with Crippen LogP contribution in [0.4, 0.5) is 5.82 Å². The molecule has 19 heavy (non-hydrogen) atoms. The number of ether oxygens (including phenoxy) is 1. The minimum absolute atomic E-state index is 0.0495. The van der Waals surface area contributed by atoms with Gasteiger partial charge in [0.05, 0.1) is 13.2 Å². The third-order valence-electron chi connectivity index (χ3n) is 2.37. The Balaban J connectivity index is 2.66. The summed E-state index contributed by atoms with van der Waals surface area (Å²) in [6, 6.07) is 0. The molecule has 9 heteroatoms. The normalized spacial score (nSPS) is 10.3. The van der Waals surface area contributed by atoms with Crippen molar-refractivity contribution in [2.75, 3.05) is 32.1 Å². The SMILES string of the molecule is COCCNC(=O)CNc1nn(C)c(=O)n(C)c1=O. The van der Waals surface area contributed by atoms with Crippen molar-refractivity contribution in [1.82, 2.24) is 19.7 Å². The molecule has 0 aromatic carbocycles. The van der Waals surface area contributed by atoms with Gasteiger partial charge < -0.3 is 15.4 Å². The third kappa shape index (κ3) is 3.91. The Kier molecular flexibility index (Phi) is 5.24. The lowest BCUT2D eigenvalue weighted by atomic mass is 10.5. The Hall–Kier alpha value is -2.16. The molecule has 0 spiro atoms. The highest BCUT2D eigenvalue weighted by atomic mass is 16.5. The molecule has 0 unspecified atom stereocenters. The van der Waals surface area contributed by atoms with E-state index in [1.165, 1.54) is 21.2 Å². The molecule has 1 aromatic rings. The number of nitrogens with one attached hydrogen (secondary N) is 2. The van der Waals surface area contributed by atoms with Crippen LogP contribution in [-0.2, 0) is 23.6 Å². The monoisotopic (exact) mass is 271 g/mol. The number of anilines is 1. The van der Waals surface area contributed by atoms with Crippen LogP contribution in [0.15, 0.2) is 9.59 Å². The summed E-state index contributed by atoms with van der Waals surface area (Å²) in [6.45, 7) is 0.686. The maximum absolute atomic E-state index is 11.7. The topological polar surface area (TPSA) is 107 Å². The summed E-state index contributed by atoms with van der Waals surface area (Å²) in [6.07, 6.45) is 0. The summed E-state index contributed by atoms with van der Waals surface area (Å²) >= 11 is 0. The Morgan fingerprint density at radius 3 is 2.68 bits per heavy atom. The van der Waals surface area contributed by atoms with Gasteiger partial charge in [-0.3, -0.25) is 14.2 Å². The number of rotatable bonds is 6. The zero-order valence-corrected chi connectivity index (χ0v) is 11.1. The number of amides is 1. The van der Waals surface area contributed by atoms with E-state index in [2.05, 4.69) is 15.7 Å². The molecule has 0 fully saturated rings. The fraction of sp³-hybridized carbons (Fsp3) is 0.600. The lowest BCUT2D eigenvalue weighted by molar-refractivity contribution is -0.119. The summed E-state index contributed by atoms with van der Waals surface area (Å²) in [5.41, 5.74) is -1.10. The van der Waals surface area contributed by atoms with Crippen molar-refractivity contribution < 1.29 is 9.53 Å². The van der Waals surface area contributed by atoms with Crippen LogP contribution in [0.25, 0.3) is 0 Å². The second-order valence-electron chi connectivity index (χ2n) is 3.82. The summed E-state index contributed by atoms with van der Waals surface area (Å²) in [5, 5.41) is 8.93. The summed E-state index contributed by atoms with van der Waals surface area (Å²) in [4.78, 5) is 34.5. The fourth-order valence-corrected chi connectivity index (χ4v) is 1.33. The fourth-order valence-electron chi connectivity index (χ4n) is 1.33. The molecular weight excluding hydrogens is 254 g/mol. The number of methoxy groups -OCH3 is 1. The van der Waals surface area contributed by atoms with Gasteiger partial charge in [0.2, 0.25) is 11.7 Å². The van der Waals surface area contributed by atoms with Gasteiger partial charge in [-0.15, -0.1) is 5.10 Å². The van der Waals surface area contributed by atoms with Gasteiger partial charge in [0.25, 0.3) is 5.56 Å². The Bertz CT molecular complexity index is 562. The molecule has 0 atom stereocenters. The van der Waals surface area contributed by atoms with E-state index in [0.717, 1.165) is 9.25 Å². The smallest absolute Gasteiger partial charge is 0.346 e. The molecule has 106 valence electrons. The molecule has 0 saturated carbocycles. The largest absolute Gasteiger partial charge is 0.383 e. The number of carbonyl (C=O) groups excluding carboxylic acids is 1. The first kappa shape index (κ1) is 14.9. The highest BCUT2D eigenvalue weighted by Crippen LogP contribution is 1.87. The van der Waals surface area contributed by atoms with E-state index >= 15 is 0 Å². The summed E-state index contributed by atoms with van der Waals surface area (Å²) in [5.74, 6) is -0.346. The Labute approximate surface area is 109 Å². The number of nitrogens with zero attached hydrogens (tertiary/aromatic N) is 3. The Morgan fingerprint density at radius 2 is 2.05 bits per heavy atom. The van der Waals surface area contributed by atoms with Gasteiger partial charge >= 0.3 is 5.69 Å². The number of aryl methyl sites for hydroxylation is 1. The van der Waals surface area contributed by atoms with Crippen LogP contribution in [0.3, 0.4) is 0 Å². The molecule has 1 heterocycles. The molecule has 1 rings (SSSR count). The van der Waals surface area contributed by atoms with Gasteiger partial charge in [0, 0.05) is 27.7 Å². The van der Waals surface area contributed by atoms with E-state index in [1.807, 2.05) is 0 Å². The van der Waals surface area contributed by atoms with Gasteiger partial charge in [-0.1, -0.05) is 0 Å². The summed E-state index contributed by atoms with van der Waals surface area (Å²) < 4.78 is 6.72. The second kappa shape index (κ2) is 6.69. The quantitative estimate of drug-likeness (QED) is 0.561. The van der Waals surface area contributed by atoms with E-state index in [0.29, 0.717) is 13.2 Å². The van der Waals surface area contributed by atoms with Gasteiger partial charge in [0.15, 0.2) is 0 Å². The van der Waals surface area contributed by atoms with Crippen LogP contribution in [0.5, 0.6) is 0 Å². The van der Waals surface area contributed by atoms with E-state index in [1.54, 1.807) is 0 Å². The van der Waals surface area contributed by atoms with Crippen molar-refractivity contribution in [1.29, 1.82) is 0 Å². The van der Waals surface area contributed by atoms with Crippen molar-refractivity contribution in [3.05, 3.63) is 20.8 Å². The first-order chi connectivity index (χ1) is 8.97. The van der Waals surface area contributed by atoms with Crippen molar-refractivity contribution in [2.45, 2.75) is 0 Å². The predicted octanol–water partition coefficient (Wildman–Crippen LogP) is -2.35. The first-order valence-corrected chi connectivity index (χ1v) is 5.61. The molecule has 0 bridgehead atoms. The highest BCUT2D eigenvalue weighted by Gasteiger charge is 2.09. The molecule has 0 radical (unpaired) electrons. The zero-order chi connectivity index (χ0) is 14.4. The minimum atomic E-state index is -0.576. The van der Waals surface area contributed by atoms with Gasteiger partial charge in [-0.2, -0.15) is 0 Å². The second-order valence-corrected chi connectivity index (χ2v) is 3.82. The van der Waals surface area contributed by atoms with Crippen molar-refractivity contribution in [2.24, 2.45) is 14.1 Å². The molecule has 0 aliphatic heterocycles. The van der Waals surface area contributed by atoms with E-state index < -0.39 is 11.2 Å². The molecule has 2 N–H and O–H groups in total. The number of hydrogen-bond acceptors (Lipinski definition) is 6. The Morgan fingerprint density at radius 1 is 1.37 bits per heavy atom. The molecule has 0 saturated heterocycles. The van der Waals surface area contributed by atoms with Crippen LogP contribution < -0.4 is 21.9 Å². The van der Waals surface area contributed by atoms with Gasteiger partial charge in [-0.25, -0.2) is 9.48 Å². The first-order valence-electron chi connectivity index (χ1n) is 5.61. The van der Waals surface area contributed by atoms with Crippen LogP contribution >= 0.6 is 0 Å². The standard InChI is InChI=1S/C10H17N5O4/c1-14-9(17)8(13-15(2)10(14)18)12-6-7(16)11-4-5-19-3/h4-6H2,1-3H3,(H,11,16)(H,12,13). The highest BCUT2D eigenvalue weighted by molar-refractivity contribution is 5.80. The molecule has 0 aliphatic carbocycles. The molecule has 1 aromatic heterocycles. The average molecular weight is 271 g/mol. The van der Waals surface area contributed by atoms with E-state index in [4.69, 9.17) is 4.74 Å². The maximum Gasteiger partial charge on any atom is 0.346 e. The van der Waals surface area contributed by atoms with Crippen molar-refractivity contribution in [3.63, 3.8) is 0 Å². The van der Waals surface area contributed by atoms with Crippen LogP contribution in [-0.4, -0.2) is 47.1 Å².